The van der Waals surface area contributed by atoms with E-state index in [0.29, 0.717) is 25.4 Å². The molecule has 0 aromatic heterocycles. The van der Waals surface area contributed by atoms with E-state index in [1.165, 1.54) is 32.1 Å². The average molecular weight is 319 g/mol. The number of hydrogen-bond acceptors (Lipinski definition) is 3. The number of carbonyl (C=O) groups is 2. The average Bonchev–Trinajstić information content (AvgIpc) is 2.88. The molecule has 1 amide bonds. The van der Waals surface area contributed by atoms with Gasteiger partial charge in [-0.05, 0) is 31.7 Å². The SMILES string of the molecule is CN(CC1CCCCC1)C(=O)CN1CCC(C(=O)O)C1.Cl. The van der Waals surface area contributed by atoms with Gasteiger partial charge >= 0.3 is 5.97 Å². The van der Waals surface area contributed by atoms with Crippen molar-refractivity contribution < 1.29 is 14.7 Å². The number of nitrogens with zero attached hydrogens (tertiary/aromatic N) is 2. The molecule has 1 saturated carbocycles. The van der Waals surface area contributed by atoms with Crippen molar-refractivity contribution >= 4 is 24.3 Å². The highest BCUT2D eigenvalue weighted by Crippen LogP contribution is 2.24. The molecule has 1 N–H and O–H groups in total. The standard InChI is InChI=1S/C15H26N2O3.ClH/c1-16(9-12-5-3-2-4-6-12)14(18)11-17-8-7-13(10-17)15(19)20;/h12-13H,2-11H2,1H3,(H,19,20);1H. The highest BCUT2D eigenvalue weighted by atomic mass is 35.5. The van der Waals surface area contributed by atoms with E-state index in [1.807, 2.05) is 16.8 Å². The van der Waals surface area contributed by atoms with Crippen LogP contribution in [0.3, 0.4) is 0 Å². The van der Waals surface area contributed by atoms with E-state index >= 15 is 0 Å². The van der Waals surface area contributed by atoms with Gasteiger partial charge in [0.05, 0.1) is 12.5 Å². The van der Waals surface area contributed by atoms with Crippen LogP contribution in [0.1, 0.15) is 38.5 Å². The number of halogens is 1. The maximum atomic E-state index is 12.2. The Hall–Kier alpha value is -0.810. The van der Waals surface area contributed by atoms with Crippen molar-refractivity contribution in [3.05, 3.63) is 0 Å². The summed E-state index contributed by atoms with van der Waals surface area (Å²) >= 11 is 0. The lowest BCUT2D eigenvalue weighted by Gasteiger charge is -2.28. The normalized spacial score (nSPS) is 23.6. The van der Waals surface area contributed by atoms with Crippen LogP contribution in [0, 0.1) is 11.8 Å². The van der Waals surface area contributed by atoms with Gasteiger partial charge in [0.25, 0.3) is 0 Å². The van der Waals surface area contributed by atoms with Gasteiger partial charge in [-0.25, -0.2) is 0 Å². The first kappa shape index (κ1) is 18.2. The van der Waals surface area contributed by atoms with Crippen LogP contribution in [0.4, 0.5) is 0 Å². The molecule has 1 aliphatic heterocycles. The van der Waals surface area contributed by atoms with Crippen LogP contribution in [0.15, 0.2) is 0 Å². The number of carbonyl (C=O) groups excluding carboxylic acids is 1. The monoisotopic (exact) mass is 318 g/mol. The van der Waals surface area contributed by atoms with E-state index in [4.69, 9.17) is 5.11 Å². The maximum Gasteiger partial charge on any atom is 0.307 e. The number of likely N-dealkylation sites (N-methyl/N-ethyl adjacent to an activating group) is 1. The van der Waals surface area contributed by atoms with Gasteiger partial charge in [0.15, 0.2) is 0 Å². The molecule has 6 heteroatoms. The lowest BCUT2D eigenvalue weighted by molar-refractivity contribution is -0.141. The van der Waals surface area contributed by atoms with E-state index in [9.17, 15) is 9.59 Å². The quantitative estimate of drug-likeness (QED) is 0.840. The van der Waals surface area contributed by atoms with E-state index < -0.39 is 5.97 Å². The molecule has 21 heavy (non-hydrogen) atoms. The molecule has 122 valence electrons. The van der Waals surface area contributed by atoms with E-state index in [-0.39, 0.29) is 24.2 Å². The fourth-order valence-corrected chi connectivity index (χ4v) is 3.35. The first-order chi connectivity index (χ1) is 9.56. The minimum atomic E-state index is -0.740. The number of aliphatic carboxylic acids is 1. The predicted octanol–water partition coefficient (Wildman–Crippen LogP) is 1.85. The zero-order valence-corrected chi connectivity index (χ0v) is 13.6. The van der Waals surface area contributed by atoms with Gasteiger partial charge in [0.2, 0.25) is 5.91 Å². The zero-order chi connectivity index (χ0) is 14.5. The predicted molar refractivity (Wildman–Crippen MR) is 83.6 cm³/mol. The second-order valence-electron chi connectivity index (χ2n) is 6.34. The minimum Gasteiger partial charge on any atom is -0.481 e. The molecule has 0 aromatic carbocycles. The van der Waals surface area contributed by atoms with Crippen LogP contribution < -0.4 is 0 Å². The van der Waals surface area contributed by atoms with Crippen LogP contribution in [0.25, 0.3) is 0 Å². The van der Waals surface area contributed by atoms with Crippen molar-refractivity contribution in [1.29, 1.82) is 0 Å². The van der Waals surface area contributed by atoms with Gasteiger partial charge < -0.3 is 10.0 Å². The molecule has 0 radical (unpaired) electrons. The van der Waals surface area contributed by atoms with Crippen LogP contribution in [0.5, 0.6) is 0 Å². The molecular weight excluding hydrogens is 292 g/mol. The molecule has 1 heterocycles. The molecule has 0 bridgehead atoms. The Labute approximate surface area is 133 Å². The van der Waals surface area contributed by atoms with Crippen LogP contribution in [0.2, 0.25) is 0 Å². The van der Waals surface area contributed by atoms with Gasteiger partial charge in [-0.2, -0.15) is 0 Å². The molecule has 1 saturated heterocycles. The highest BCUT2D eigenvalue weighted by molar-refractivity contribution is 5.85. The van der Waals surface area contributed by atoms with E-state index in [2.05, 4.69) is 0 Å². The maximum absolute atomic E-state index is 12.2. The summed E-state index contributed by atoms with van der Waals surface area (Å²) in [6.45, 7) is 2.46. The third kappa shape index (κ3) is 5.47. The topological polar surface area (TPSA) is 60.9 Å². The molecule has 0 spiro atoms. The van der Waals surface area contributed by atoms with Gasteiger partial charge in [0, 0.05) is 20.1 Å². The molecule has 0 aromatic rings. The van der Waals surface area contributed by atoms with E-state index in [0.717, 1.165) is 13.1 Å². The summed E-state index contributed by atoms with van der Waals surface area (Å²) in [6, 6.07) is 0. The molecule has 1 unspecified atom stereocenters. The molecule has 2 aliphatic rings. The molecular formula is C15H27ClN2O3. The third-order valence-corrected chi connectivity index (χ3v) is 4.66. The van der Waals surface area contributed by atoms with Crippen molar-refractivity contribution in [2.24, 2.45) is 11.8 Å². The van der Waals surface area contributed by atoms with Crippen molar-refractivity contribution in [3.8, 4) is 0 Å². The summed E-state index contributed by atoms with van der Waals surface area (Å²) in [4.78, 5) is 26.9. The fraction of sp³-hybridized carbons (Fsp3) is 0.867. The zero-order valence-electron chi connectivity index (χ0n) is 12.8. The van der Waals surface area contributed by atoms with Crippen molar-refractivity contribution in [2.45, 2.75) is 38.5 Å². The number of rotatable bonds is 5. The second-order valence-corrected chi connectivity index (χ2v) is 6.34. The summed E-state index contributed by atoms with van der Waals surface area (Å²) < 4.78 is 0. The summed E-state index contributed by atoms with van der Waals surface area (Å²) in [5, 5.41) is 8.97. The molecule has 1 aliphatic carbocycles. The third-order valence-electron chi connectivity index (χ3n) is 4.66. The van der Waals surface area contributed by atoms with Gasteiger partial charge in [0.1, 0.15) is 0 Å². The Balaban J connectivity index is 0.00000220. The summed E-state index contributed by atoms with van der Waals surface area (Å²) in [7, 11) is 1.88. The fourth-order valence-electron chi connectivity index (χ4n) is 3.35. The minimum absolute atomic E-state index is 0. The Morgan fingerprint density at radius 2 is 1.86 bits per heavy atom. The van der Waals surface area contributed by atoms with Crippen LogP contribution in [-0.2, 0) is 9.59 Å². The van der Waals surface area contributed by atoms with Crippen LogP contribution in [-0.4, -0.2) is 60.0 Å². The summed E-state index contributed by atoms with van der Waals surface area (Å²) in [6.07, 6.45) is 7.05. The lowest BCUT2D eigenvalue weighted by atomic mass is 9.89. The Bertz CT molecular complexity index is 359. The van der Waals surface area contributed by atoms with Crippen molar-refractivity contribution in [2.75, 3.05) is 33.2 Å². The summed E-state index contributed by atoms with van der Waals surface area (Å²) in [5.41, 5.74) is 0. The van der Waals surface area contributed by atoms with Crippen LogP contribution >= 0.6 is 12.4 Å². The highest BCUT2D eigenvalue weighted by Gasteiger charge is 2.29. The first-order valence-electron chi connectivity index (χ1n) is 7.75. The molecule has 1 atom stereocenters. The van der Waals surface area contributed by atoms with Gasteiger partial charge in [-0.3, -0.25) is 14.5 Å². The van der Waals surface area contributed by atoms with Gasteiger partial charge in [-0.15, -0.1) is 12.4 Å². The Morgan fingerprint density at radius 3 is 2.43 bits per heavy atom. The van der Waals surface area contributed by atoms with E-state index in [1.54, 1.807) is 0 Å². The Morgan fingerprint density at radius 1 is 1.19 bits per heavy atom. The number of amides is 1. The smallest absolute Gasteiger partial charge is 0.307 e. The van der Waals surface area contributed by atoms with Crippen molar-refractivity contribution in [1.82, 2.24) is 9.80 Å². The largest absolute Gasteiger partial charge is 0.481 e. The molecule has 2 fully saturated rings. The number of hydrogen-bond donors (Lipinski definition) is 1. The molecule has 5 nitrogen and oxygen atoms in total. The van der Waals surface area contributed by atoms with Crippen molar-refractivity contribution in [3.63, 3.8) is 0 Å². The number of carboxylic acid groups (broad SMARTS) is 1. The molecule has 2 rings (SSSR count). The second kappa shape index (κ2) is 8.59. The van der Waals surface area contributed by atoms with Gasteiger partial charge in [-0.1, -0.05) is 19.3 Å². The lowest BCUT2D eigenvalue weighted by Crippen LogP contribution is -2.40. The first-order valence-corrected chi connectivity index (χ1v) is 7.75. The Kier molecular flexibility index (Phi) is 7.46. The summed E-state index contributed by atoms with van der Waals surface area (Å²) in [5.74, 6) is -0.258. The number of likely N-dealkylation sites (tertiary alicyclic amines) is 1. The number of carboxylic acids is 1.